The number of amides is 1. The van der Waals surface area contributed by atoms with E-state index in [1.165, 1.54) is 0 Å². The van der Waals surface area contributed by atoms with E-state index in [1.54, 1.807) is 18.1 Å². The maximum Gasteiger partial charge on any atom is 0.238 e. The van der Waals surface area contributed by atoms with Gasteiger partial charge in [-0.25, -0.2) is 0 Å². The van der Waals surface area contributed by atoms with E-state index in [4.69, 9.17) is 4.98 Å². The number of pyridine rings is 3. The highest BCUT2D eigenvalue weighted by atomic mass is 32.2. The molecule has 0 bridgehead atoms. The number of nitrogens with zero attached hydrogens (tertiary/aromatic N) is 5. The molecule has 6 nitrogen and oxygen atoms in total. The van der Waals surface area contributed by atoms with Gasteiger partial charge in [-0.3, -0.25) is 24.1 Å². The largest absolute Gasteiger partial charge is 0.304 e. The molecule has 5 heterocycles. The SMILES string of the molecule is CSN1CCC2(CC1)C(=O)N(Cc1ncc3ccccc3c1-c1cccnc1)c1cnccc12. The molecule has 2 aliphatic heterocycles. The highest BCUT2D eigenvalue weighted by molar-refractivity contribution is 7.96. The second-order valence-corrected chi connectivity index (χ2v) is 9.77. The van der Waals surface area contributed by atoms with Gasteiger partial charge in [0.15, 0.2) is 0 Å². The fraction of sp³-hybridized carbons (Fsp3) is 0.259. The summed E-state index contributed by atoms with van der Waals surface area (Å²) in [6.45, 7) is 2.20. The molecular weight excluding hydrogens is 442 g/mol. The summed E-state index contributed by atoms with van der Waals surface area (Å²) in [6.07, 6.45) is 12.9. The fourth-order valence-corrected chi connectivity index (χ4v) is 6.03. The third-order valence-electron chi connectivity index (χ3n) is 7.23. The molecule has 0 aliphatic carbocycles. The Kier molecular flexibility index (Phi) is 5.31. The molecule has 1 spiro atoms. The summed E-state index contributed by atoms with van der Waals surface area (Å²) in [6, 6.07) is 14.3. The first-order valence-corrected chi connectivity index (χ1v) is 12.7. The van der Waals surface area contributed by atoms with E-state index in [9.17, 15) is 4.79 Å². The van der Waals surface area contributed by atoms with E-state index in [0.29, 0.717) is 6.54 Å². The third kappa shape index (κ3) is 3.30. The van der Waals surface area contributed by atoms with Crippen LogP contribution in [0.3, 0.4) is 0 Å². The summed E-state index contributed by atoms with van der Waals surface area (Å²) in [5, 5.41) is 2.18. The van der Waals surface area contributed by atoms with Crippen molar-refractivity contribution in [2.24, 2.45) is 0 Å². The number of benzene rings is 1. The number of hydrogen-bond donors (Lipinski definition) is 0. The maximum atomic E-state index is 14.1. The van der Waals surface area contributed by atoms with Crippen LogP contribution in [-0.4, -0.2) is 44.5 Å². The van der Waals surface area contributed by atoms with Gasteiger partial charge in [0, 0.05) is 54.4 Å². The van der Waals surface area contributed by atoms with Crippen molar-refractivity contribution in [1.29, 1.82) is 0 Å². The van der Waals surface area contributed by atoms with Crippen molar-refractivity contribution in [2.45, 2.75) is 24.8 Å². The Morgan fingerprint density at radius 2 is 1.79 bits per heavy atom. The Morgan fingerprint density at radius 1 is 0.971 bits per heavy atom. The smallest absolute Gasteiger partial charge is 0.238 e. The van der Waals surface area contributed by atoms with E-state index in [-0.39, 0.29) is 5.91 Å². The normalized spacial score (nSPS) is 17.4. The van der Waals surface area contributed by atoms with Gasteiger partial charge >= 0.3 is 0 Å². The van der Waals surface area contributed by atoms with Crippen LogP contribution < -0.4 is 4.90 Å². The molecule has 0 radical (unpaired) electrons. The predicted octanol–water partition coefficient (Wildman–Crippen LogP) is 4.85. The zero-order chi connectivity index (χ0) is 23.1. The van der Waals surface area contributed by atoms with Gasteiger partial charge < -0.3 is 4.90 Å². The first-order valence-electron chi connectivity index (χ1n) is 11.5. The topological polar surface area (TPSA) is 62.2 Å². The van der Waals surface area contributed by atoms with Crippen molar-refractivity contribution in [1.82, 2.24) is 19.3 Å². The van der Waals surface area contributed by atoms with Crippen LogP contribution in [0.1, 0.15) is 24.1 Å². The van der Waals surface area contributed by atoms with Gasteiger partial charge in [-0.2, -0.15) is 0 Å². The molecule has 3 aromatic heterocycles. The van der Waals surface area contributed by atoms with Gasteiger partial charge in [0.2, 0.25) is 5.91 Å². The molecule has 1 saturated heterocycles. The third-order valence-corrected chi connectivity index (χ3v) is 8.11. The van der Waals surface area contributed by atoms with Gasteiger partial charge in [-0.15, -0.1) is 0 Å². The van der Waals surface area contributed by atoms with Crippen LogP contribution in [0.5, 0.6) is 0 Å². The van der Waals surface area contributed by atoms with Gasteiger partial charge in [-0.1, -0.05) is 42.3 Å². The van der Waals surface area contributed by atoms with Gasteiger partial charge in [0.25, 0.3) is 0 Å². The number of carbonyl (C=O) groups is 1. The first-order chi connectivity index (χ1) is 16.7. The Hall–Kier alpha value is -3.29. The Bertz CT molecular complexity index is 1370. The average molecular weight is 468 g/mol. The lowest BCUT2D eigenvalue weighted by Gasteiger charge is -2.37. The molecule has 170 valence electrons. The van der Waals surface area contributed by atoms with Crippen LogP contribution in [0.25, 0.3) is 21.9 Å². The van der Waals surface area contributed by atoms with Crippen LogP contribution >= 0.6 is 11.9 Å². The van der Waals surface area contributed by atoms with Crippen molar-refractivity contribution in [2.75, 3.05) is 24.2 Å². The predicted molar refractivity (Wildman–Crippen MR) is 136 cm³/mol. The van der Waals surface area contributed by atoms with Crippen LogP contribution in [-0.2, 0) is 16.8 Å². The molecule has 6 rings (SSSR count). The van der Waals surface area contributed by atoms with Gasteiger partial charge in [-0.05, 0) is 42.2 Å². The maximum absolute atomic E-state index is 14.1. The van der Waals surface area contributed by atoms with E-state index >= 15 is 0 Å². The number of fused-ring (bicyclic) bond motifs is 3. The second-order valence-electron chi connectivity index (χ2n) is 8.89. The standard InChI is InChI=1S/C27H25N5OS/c1-34-31-13-9-27(10-14-31)22-8-12-29-17-24(22)32(26(27)33)18-23-25(20-6-4-11-28-15-20)21-7-3-2-5-19(21)16-30-23/h2-8,11-12,15-17H,9-10,13-14,18H2,1H3. The molecule has 0 N–H and O–H groups in total. The van der Waals surface area contributed by atoms with Crippen molar-refractivity contribution < 1.29 is 4.79 Å². The lowest BCUT2D eigenvalue weighted by molar-refractivity contribution is -0.124. The van der Waals surface area contributed by atoms with E-state index in [1.807, 2.05) is 54.0 Å². The summed E-state index contributed by atoms with van der Waals surface area (Å²) in [5.74, 6) is 0.170. The minimum Gasteiger partial charge on any atom is -0.304 e. The molecule has 2 aliphatic rings. The number of aromatic nitrogens is 3. The molecule has 1 amide bonds. The molecule has 4 aromatic rings. The fourth-order valence-electron chi connectivity index (χ4n) is 5.49. The molecule has 34 heavy (non-hydrogen) atoms. The minimum atomic E-state index is -0.476. The highest BCUT2D eigenvalue weighted by Gasteiger charge is 2.52. The summed E-state index contributed by atoms with van der Waals surface area (Å²) in [5.41, 5.74) is 4.45. The Labute approximate surface area is 203 Å². The van der Waals surface area contributed by atoms with Crippen molar-refractivity contribution in [3.63, 3.8) is 0 Å². The lowest BCUT2D eigenvalue weighted by atomic mass is 9.74. The molecule has 0 unspecified atom stereocenters. The number of piperidine rings is 1. The molecule has 1 aromatic carbocycles. The summed E-state index contributed by atoms with van der Waals surface area (Å²) in [7, 11) is 0. The van der Waals surface area contributed by atoms with E-state index in [2.05, 4.69) is 38.7 Å². The average Bonchev–Trinajstić information content (AvgIpc) is 3.12. The minimum absolute atomic E-state index is 0.170. The van der Waals surface area contributed by atoms with Crippen LogP contribution in [0.15, 0.2) is 73.4 Å². The number of carbonyl (C=O) groups excluding carboxylic acids is 1. The van der Waals surface area contributed by atoms with Crippen LogP contribution in [0.4, 0.5) is 5.69 Å². The molecule has 1 fully saturated rings. The Morgan fingerprint density at radius 3 is 2.59 bits per heavy atom. The van der Waals surface area contributed by atoms with Crippen LogP contribution in [0.2, 0.25) is 0 Å². The number of hydrogen-bond acceptors (Lipinski definition) is 6. The zero-order valence-corrected chi connectivity index (χ0v) is 19.8. The van der Waals surface area contributed by atoms with E-state index in [0.717, 1.165) is 64.8 Å². The monoisotopic (exact) mass is 467 g/mol. The van der Waals surface area contributed by atoms with Crippen molar-refractivity contribution >= 4 is 34.3 Å². The zero-order valence-electron chi connectivity index (χ0n) is 19.0. The lowest BCUT2D eigenvalue weighted by Crippen LogP contribution is -2.47. The van der Waals surface area contributed by atoms with Gasteiger partial charge in [0.1, 0.15) is 0 Å². The van der Waals surface area contributed by atoms with Crippen molar-refractivity contribution in [3.8, 4) is 11.1 Å². The van der Waals surface area contributed by atoms with Crippen LogP contribution in [0, 0.1) is 0 Å². The summed E-state index contributed by atoms with van der Waals surface area (Å²) >= 11 is 1.75. The van der Waals surface area contributed by atoms with E-state index < -0.39 is 5.41 Å². The summed E-state index contributed by atoms with van der Waals surface area (Å²) in [4.78, 5) is 29.6. The summed E-state index contributed by atoms with van der Waals surface area (Å²) < 4.78 is 2.34. The quantitative estimate of drug-likeness (QED) is 0.400. The van der Waals surface area contributed by atoms with Gasteiger partial charge in [0.05, 0.1) is 29.5 Å². The first kappa shape index (κ1) is 21.3. The number of anilines is 1. The molecule has 0 saturated carbocycles. The van der Waals surface area contributed by atoms with Crippen molar-refractivity contribution in [3.05, 3.63) is 84.7 Å². The highest BCUT2D eigenvalue weighted by Crippen LogP contribution is 2.49. The second kappa shape index (κ2) is 8.49. The molecular formula is C27H25N5OS. The number of rotatable bonds is 4. The molecule has 0 atom stereocenters. The Balaban J connectivity index is 1.45. The molecule has 7 heteroatoms.